The molecule has 0 amide bonds. The van der Waals surface area contributed by atoms with Gasteiger partial charge in [-0.1, -0.05) is 137 Å². The van der Waals surface area contributed by atoms with Crippen molar-refractivity contribution in [2.24, 2.45) is 0 Å². The van der Waals surface area contributed by atoms with E-state index in [9.17, 15) is 0 Å². The zero-order valence-electron chi connectivity index (χ0n) is 29.1. The van der Waals surface area contributed by atoms with Crippen LogP contribution in [0.5, 0.6) is 0 Å². The van der Waals surface area contributed by atoms with Crippen molar-refractivity contribution in [2.45, 2.75) is 38.5 Å². The molecule has 7 aromatic carbocycles. The van der Waals surface area contributed by atoms with Crippen LogP contribution in [0.15, 0.2) is 158 Å². The van der Waals surface area contributed by atoms with Gasteiger partial charge in [-0.15, -0.1) is 0 Å². The van der Waals surface area contributed by atoms with Gasteiger partial charge in [0.25, 0.3) is 0 Å². The predicted octanol–water partition coefficient (Wildman–Crippen LogP) is 13.2. The number of benzene rings is 7. The normalized spacial score (nSPS) is 15.4. The van der Waals surface area contributed by atoms with Crippen LogP contribution in [0.2, 0.25) is 0 Å². The van der Waals surface area contributed by atoms with Crippen molar-refractivity contribution in [3.63, 3.8) is 0 Å². The topological polar surface area (TPSA) is 6.48 Å². The van der Waals surface area contributed by atoms with E-state index in [-0.39, 0.29) is 10.8 Å². The van der Waals surface area contributed by atoms with E-state index in [4.69, 9.17) is 0 Å². The molecule has 0 spiro atoms. The molecule has 9 rings (SSSR count). The van der Waals surface area contributed by atoms with Crippen LogP contribution in [0.3, 0.4) is 0 Å². The summed E-state index contributed by atoms with van der Waals surface area (Å²) in [6.07, 6.45) is 4.55. The van der Waals surface area contributed by atoms with Gasteiger partial charge in [-0.3, -0.25) is 0 Å². The Bertz CT molecular complexity index is 2450. The lowest BCUT2D eigenvalue weighted by molar-refractivity contribution is 0.631. The van der Waals surface area contributed by atoms with E-state index >= 15 is 0 Å². The number of hydrogen-bond donors (Lipinski definition) is 0. The van der Waals surface area contributed by atoms with Crippen LogP contribution >= 0.6 is 0 Å². The first-order chi connectivity index (χ1) is 24.3. The second-order valence-electron chi connectivity index (χ2n) is 14.7. The summed E-state index contributed by atoms with van der Waals surface area (Å²) in [7, 11) is 0. The number of para-hydroxylation sites is 3. The lowest BCUT2D eigenvalue weighted by Gasteiger charge is -2.42. The summed E-state index contributed by atoms with van der Waals surface area (Å²) in [6, 6.07) is 57.8. The lowest BCUT2D eigenvalue weighted by Crippen LogP contribution is -2.30. The van der Waals surface area contributed by atoms with Crippen molar-refractivity contribution in [1.29, 1.82) is 0 Å². The maximum Gasteiger partial charge on any atom is 0.0503 e. The summed E-state index contributed by atoms with van der Waals surface area (Å²) in [5.41, 5.74) is 14.7. The van der Waals surface area contributed by atoms with Crippen LogP contribution in [0.4, 0.5) is 34.1 Å². The minimum absolute atomic E-state index is 0.142. The van der Waals surface area contributed by atoms with Crippen LogP contribution in [0, 0.1) is 0 Å². The van der Waals surface area contributed by atoms with Gasteiger partial charge in [-0.25, -0.2) is 0 Å². The highest BCUT2D eigenvalue weighted by molar-refractivity contribution is 5.93. The first-order valence-corrected chi connectivity index (χ1v) is 17.6. The summed E-state index contributed by atoms with van der Waals surface area (Å²) >= 11 is 0. The van der Waals surface area contributed by atoms with Gasteiger partial charge in [0.1, 0.15) is 0 Å². The van der Waals surface area contributed by atoms with Gasteiger partial charge in [-0.05, 0) is 105 Å². The Labute approximate surface area is 295 Å². The summed E-state index contributed by atoms with van der Waals surface area (Å²) in [5.74, 6) is 0. The van der Waals surface area contributed by atoms with E-state index in [1.54, 1.807) is 0 Å². The minimum atomic E-state index is -0.159. The summed E-state index contributed by atoms with van der Waals surface area (Å²) in [5, 5.41) is 2.50. The summed E-state index contributed by atoms with van der Waals surface area (Å²) < 4.78 is 0. The van der Waals surface area contributed by atoms with Crippen molar-refractivity contribution >= 4 is 57.0 Å². The molecule has 0 N–H and O–H groups in total. The van der Waals surface area contributed by atoms with Crippen molar-refractivity contribution in [1.82, 2.24) is 0 Å². The molecular formula is C48H40N2. The highest BCUT2D eigenvalue weighted by Crippen LogP contribution is 2.53. The van der Waals surface area contributed by atoms with Crippen LogP contribution < -0.4 is 9.80 Å². The third-order valence-electron chi connectivity index (χ3n) is 11.0. The van der Waals surface area contributed by atoms with E-state index in [1.165, 1.54) is 78.3 Å². The Morgan fingerprint density at radius 1 is 0.360 bits per heavy atom. The Balaban J connectivity index is 1.12. The van der Waals surface area contributed by atoms with Crippen molar-refractivity contribution in [2.75, 3.05) is 9.80 Å². The molecule has 2 nitrogen and oxygen atoms in total. The highest BCUT2D eigenvalue weighted by Gasteiger charge is 2.38. The van der Waals surface area contributed by atoms with E-state index in [1.807, 2.05) is 0 Å². The van der Waals surface area contributed by atoms with Gasteiger partial charge >= 0.3 is 0 Å². The van der Waals surface area contributed by atoms with E-state index in [0.717, 1.165) is 0 Å². The molecule has 2 aliphatic rings. The zero-order valence-corrected chi connectivity index (χ0v) is 29.1. The van der Waals surface area contributed by atoms with E-state index in [2.05, 4.69) is 207 Å². The van der Waals surface area contributed by atoms with Gasteiger partial charge in [0.05, 0.1) is 22.7 Å². The highest BCUT2D eigenvalue weighted by atomic mass is 15.2. The maximum absolute atomic E-state index is 2.44. The first-order valence-electron chi connectivity index (χ1n) is 17.6. The number of anilines is 6. The van der Waals surface area contributed by atoms with Crippen molar-refractivity contribution in [3.05, 3.63) is 191 Å². The van der Waals surface area contributed by atoms with Gasteiger partial charge in [0.15, 0.2) is 0 Å². The maximum atomic E-state index is 2.44. The Morgan fingerprint density at radius 3 is 1.40 bits per heavy atom. The fourth-order valence-electron chi connectivity index (χ4n) is 8.29. The molecule has 0 fully saturated rings. The minimum Gasteiger partial charge on any atom is -0.310 e. The van der Waals surface area contributed by atoms with Crippen LogP contribution in [0.1, 0.15) is 61.1 Å². The van der Waals surface area contributed by atoms with Crippen LogP contribution in [0.25, 0.3) is 22.9 Å². The lowest BCUT2D eigenvalue weighted by atomic mass is 9.73. The molecule has 0 unspecified atom stereocenters. The van der Waals surface area contributed by atoms with Gasteiger partial charge in [-0.2, -0.15) is 0 Å². The fourth-order valence-corrected chi connectivity index (χ4v) is 8.29. The molecule has 0 aromatic heterocycles. The molecule has 7 aromatic rings. The second-order valence-corrected chi connectivity index (χ2v) is 14.7. The number of nitrogens with zero attached hydrogens (tertiary/aromatic N) is 2. The monoisotopic (exact) mass is 644 g/mol. The van der Waals surface area contributed by atoms with Crippen molar-refractivity contribution in [3.8, 4) is 0 Å². The molecule has 0 saturated heterocycles. The average molecular weight is 645 g/mol. The quantitative estimate of drug-likeness (QED) is 0.176. The third kappa shape index (κ3) is 4.70. The predicted molar refractivity (Wildman–Crippen MR) is 213 cm³/mol. The number of rotatable bonds is 4. The Kier molecular flexibility index (Phi) is 6.86. The molecule has 2 aliphatic heterocycles. The van der Waals surface area contributed by atoms with Gasteiger partial charge in [0, 0.05) is 22.2 Å². The largest absolute Gasteiger partial charge is 0.310 e. The van der Waals surface area contributed by atoms with E-state index in [0.29, 0.717) is 0 Å². The zero-order chi connectivity index (χ0) is 34.0. The van der Waals surface area contributed by atoms with Gasteiger partial charge < -0.3 is 9.80 Å². The van der Waals surface area contributed by atoms with E-state index < -0.39 is 0 Å². The molecule has 2 heterocycles. The van der Waals surface area contributed by atoms with Crippen LogP contribution in [-0.2, 0) is 10.8 Å². The molecular weight excluding hydrogens is 605 g/mol. The molecule has 0 radical (unpaired) electrons. The van der Waals surface area contributed by atoms with Crippen molar-refractivity contribution < 1.29 is 0 Å². The van der Waals surface area contributed by atoms with Gasteiger partial charge in [0.2, 0.25) is 0 Å². The van der Waals surface area contributed by atoms with Crippen LogP contribution in [-0.4, -0.2) is 0 Å². The number of hydrogen-bond acceptors (Lipinski definition) is 2. The summed E-state index contributed by atoms with van der Waals surface area (Å²) in [4.78, 5) is 4.85. The third-order valence-corrected chi connectivity index (χ3v) is 11.0. The average Bonchev–Trinajstić information content (AvgIpc) is 3.15. The number of fused-ring (bicyclic) bond motifs is 5. The second kappa shape index (κ2) is 11.4. The molecule has 2 heteroatoms. The molecule has 50 heavy (non-hydrogen) atoms. The molecule has 0 aliphatic carbocycles. The Hall–Kier alpha value is -5.86. The molecule has 0 atom stereocenters. The smallest absolute Gasteiger partial charge is 0.0503 e. The molecule has 0 bridgehead atoms. The standard InChI is InChI=1S/C48H40N2/c1-47(2)39-18-10-12-20-43(39)49(37-16-6-5-7-17-37)45-28-24-33(30-41(45)47)22-23-34-25-29-46-42(31-34)48(3,4)40-19-11-13-21-44(40)50(46)38-27-26-35-14-8-9-15-36(35)32-38/h5-32H,1-4H3/b23-22+. The molecule has 242 valence electrons. The first kappa shape index (κ1) is 30.2. The SMILES string of the molecule is CC1(C)c2ccccc2N(c2ccccc2)c2ccc(/C=C/c3ccc4c(c3)C(C)(C)c3ccccc3N4c3ccc4ccccc4c3)cc21. The Morgan fingerprint density at radius 2 is 0.820 bits per heavy atom. The summed E-state index contributed by atoms with van der Waals surface area (Å²) in [6.45, 7) is 9.42. The molecule has 0 saturated carbocycles. The fraction of sp³-hybridized carbons (Fsp3) is 0.125.